The standard InChI is InChI=1S/C49H31N5S2/c1-4-14-32(15-5-1)46-50-42(45-43(51-46)36-20-10-11-24-39(36)55-45)31-28-26-30(27-29-31)35-21-13-25-40-41(35)37-22-12-23-38(44(37)56-40)49-53-47(33-16-6-2-7-17-33)52-48(54-49)34-18-8-3-9-19-34/h1-12,14-24,26-29H,13,25H2. The highest BCUT2D eigenvalue weighted by Crippen LogP contribution is 2.46. The molecule has 0 radical (unpaired) electrons. The quantitative estimate of drug-likeness (QED) is 0.169. The Kier molecular flexibility index (Phi) is 7.93. The van der Waals surface area contributed by atoms with E-state index >= 15 is 0 Å². The summed E-state index contributed by atoms with van der Waals surface area (Å²) in [6, 6.07) is 54.7. The Bertz CT molecular complexity index is 3060. The molecule has 11 rings (SSSR count). The average Bonchev–Trinajstić information content (AvgIpc) is 3.86. The molecule has 6 aromatic carbocycles. The van der Waals surface area contributed by atoms with Gasteiger partial charge in [-0.05, 0) is 36.1 Å². The number of nitrogens with zero attached hydrogens (tertiary/aromatic N) is 5. The van der Waals surface area contributed by atoms with Crippen LogP contribution in [0.3, 0.4) is 0 Å². The van der Waals surface area contributed by atoms with E-state index in [9.17, 15) is 0 Å². The maximum Gasteiger partial charge on any atom is 0.165 e. The summed E-state index contributed by atoms with van der Waals surface area (Å²) < 4.78 is 3.53. The lowest BCUT2D eigenvalue weighted by molar-refractivity contribution is 1.01. The van der Waals surface area contributed by atoms with Crippen LogP contribution in [0.15, 0.2) is 164 Å². The van der Waals surface area contributed by atoms with Gasteiger partial charge in [0.25, 0.3) is 0 Å². The molecule has 0 unspecified atom stereocenters. The van der Waals surface area contributed by atoms with Crippen molar-refractivity contribution in [3.05, 3.63) is 180 Å². The minimum absolute atomic E-state index is 0.668. The molecule has 0 amide bonds. The number of allylic oxidation sites excluding steroid dienone is 1. The predicted molar refractivity (Wildman–Crippen MR) is 233 cm³/mol. The van der Waals surface area contributed by atoms with Crippen molar-refractivity contribution in [2.45, 2.75) is 12.8 Å². The summed E-state index contributed by atoms with van der Waals surface area (Å²) in [5, 5.41) is 2.40. The smallest absolute Gasteiger partial charge is 0.165 e. The second-order valence-corrected chi connectivity index (χ2v) is 16.0. The first kappa shape index (κ1) is 32.7. The first-order valence-electron chi connectivity index (χ1n) is 18.7. The number of fused-ring (bicyclic) bond motifs is 6. The Morgan fingerprint density at radius 1 is 0.411 bits per heavy atom. The molecule has 0 aliphatic heterocycles. The molecule has 0 bridgehead atoms. The maximum atomic E-state index is 5.21. The lowest BCUT2D eigenvalue weighted by Crippen LogP contribution is -2.00. The minimum atomic E-state index is 0.668. The van der Waals surface area contributed by atoms with E-state index in [1.165, 1.54) is 41.7 Å². The van der Waals surface area contributed by atoms with Crippen LogP contribution in [0, 0.1) is 0 Å². The number of thiophene rings is 2. The van der Waals surface area contributed by atoms with Gasteiger partial charge in [-0.1, -0.05) is 152 Å². The van der Waals surface area contributed by atoms with Crippen LogP contribution >= 0.6 is 22.7 Å². The fourth-order valence-corrected chi connectivity index (χ4v) is 10.3. The van der Waals surface area contributed by atoms with Crippen LogP contribution in [0.1, 0.15) is 22.4 Å². The second kappa shape index (κ2) is 13.6. The third-order valence-corrected chi connectivity index (χ3v) is 12.9. The molecule has 5 nitrogen and oxygen atoms in total. The first-order valence-corrected chi connectivity index (χ1v) is 20.4. The van der Waals surface area contributed by atoms with E-state index in [0.717, 1.165) is 62.4 Å². The molecule has 7 heteroatoms. The molecule has 1 aliphatic carbocycles. The van der Waals surface area contributed by atoms with E-state index in [1.54, 1.807) is 11.3 Å². The Morgan fingerprint density at radius 2 is 0.982 bits per heavy atom. The highest BCUT2D eigenvalue weighted by Gasteiger charge is 2.24. The summed E-state index contributed by atoms with van der Waals surface area (Å²) in [5.74, 6) is 2.76. The van der Waals surface area contributed by atoms with E-state index in [-0.39, 0.29) is 0 Å². The molecular formula is C49H31N5S2. The van der Waals surface area contributed by atoms with E-state index < -0.39 is 0 Å². The molecule has 4 aromatic heterocycles. The molecule has 0 atom stereocenters. The molecule has 264 valence electrons. The van der Waals surface area contributed by atoms with Crippen LogP contribution in [0.4, 0.5) is 0 Å². The molecule has 0 saturated heterocycles. The third-order valence-electron chi connectivity index (χ3n) is 10.4. The zero-order valence-electron chi connectivity index (χ0n) is 30.1. The summed E-state index contributed by atoms with van der Waals surface area (Å²) in [6.45, 7) is 0. The summed E-state index contributed by atoms with van der Waals surface area (Å²) in [7, 11) is 0. The summed E-state index contributed by atoms with van der Waals surface area (Å²) >= 11 is 3.63. The van der Waals surface area contributed by atoms with Gasteiger partial charge in [-0.3, -0.25) is 0 Å². The lowest BCUT2D eigenvalue weighted by Gasteiger charge is -2.16. The Morgan fingerprint density at radius 3 is 1.66 bits per heavy atom. The van der Waals surface area contributed by atoms with Crippen LogP contribution in [0.5, 0.6) is 0 Å². The van der Waals surface area contributed by atoms with Gasteiger partial charge in [-0.15, -0.1) is 22.7 Å². The Labute approximate surface area is 331 Å². The molecule has 10 aromatic rings. The average molecular weight is 754 g/mol. The van der Waals surface area contributed by atoms with Gasteiger partial charge in [-0.2, -0.15) is 0 Å². The van der Waals surface area contributed by atoms with E-state index in [4.69, 9.17) is 24.9 Å². The Hall–Kier alpha value is -6.67. The van der Waals surface area contributed by atoms with Gasteiger partial charge >= 0.3 is 0 Å². The van der Waals surface area contributed by atoms with E-state index in [0.29, 0.717) is 17.5 Å². The number of hydrogen-bond donors (Lipinski definition) is 0. The van der Waals surface area contributed by atoms with Gasteiger partial charge in [0.05, 0.1) is 15.9 Å². The number of hydrogen-bond acceptors (Lipinski definition) is 7. The van der Waals surface area contributed by atoms with Crippen molar-refractivity contribution in [3.8, 4) is 56.8 Å². The van der Waals surface area contributed by atoms with Crippen LogP contribution in [-0.2, 0) is 6.42 Å². The van der Waals surface area contributed by atoms with Crippen LogP contribution in [0.2, 0.25) is 0 Å². The SMILES string of the molecule is C1=C(c2ccc(-c3nc(-c4ccccc4)nc4c3sc3ccccc34)cc2)c2c(sc3c(-c4nc(-c5ccccc5)nc(-c5ccccc5)n4)cccc23)CC1. The van der Waals surface area contributed by atoms with E-state index in [2.05, 4.69) is 109 Å². The first-order chi connectivity index (χ1) is 27.7. The minimum Gasteiger partial charge on any atom is -0.226 e. The van der Waals surface area contributed by atoms with Crippen molar-refractivity contribution in [1.29, 1.82) is 0 Å². The number of rotatable bonds is 6. The number of aromatic nitrogens is 5. The molecule has 1 aliphatic rings. The molecule has 0 spiro atoms. The molecule has 0 fully saturated rings. The molecule has 56 heavy (non-hydrogen) atoms. The summed E-state index contributed by atoms with van der Waals surface area (Å²) in [4.78, 5) is 26.8. The van der Waals surface area contributed by atoms with Gasteiger partial charge < -0.3 is 0 Å². The fourth-order valence-electron chi connectivity index (χ4n) is 7.77. The van der Waals surface area contributed by atoms with Crippen molar-refractivity contribution >= 4 is 58.6 Å². The maximum absolute atomic E-state index is 5.21. The van der Waals surface area contributed by atoms with E-state index in [1.807, 2.05) is 65.9 Å². The van der Waals surface area contributed by atoms with Crippen molar-refractivity contribution in [2.24, 2.45) is 0 Å². The van der Waals surface area contributed by atoms with Gasteiger partial charge in [0.15, 0.2) is 23.3 Å². The molecule has 0 saturated carbocycles. The van der Waals surface area contributed by atoms with Crippen molar-refractivity contribution < 1.29 is 0 Å². The normalized spacial score (nSPS) is 12.6. The topological polar surface area (TPSA) is 64.5 Å². The van der Waals surface area contributed by atoms with Gasteiger partial charge in [-0.25, -0.2) is 24.9 Å². The largest absolute Gasteiger partial charge is 0.226 e. The fraction of sp³-hybridized carbons (Fsp3) is 0.0408. The van der Waals surface area contributed by atoms with Crippen LogP contribution in [-0.4, -0.2) is 24.9 Å². The van der Waals surface area contributed by atoms with Gasteiger partial charge in [0.2, 0.25) is 0 Å². The predicted octanol–water partition coefficient (Wildman–Crippen LogP) is 13.0. The molecular weight excluding hydrogens is 723 g/mol. The summed E-state index contributed by atoms with van der Waals surface area (Å²) in [5.41, 5.74) is 10.8. The van der Waals surface area contributed by atoms with Gasteiger partial charge in [0.1, 0.15) is 0 Å². The van der Waals surface area contributed by atoms with Crippen LogP contribution in [0.25, 0.3) is 92.8 Å². The third kappa shape index (κ3) is 5.63. The second-order valence-electron chi connectivity index (χ2n) is 13.9. The summed E-state index contributed by atoms with van der Waals surface area (Å²) in [6.07, 6.45) is 4.40. The zero-order chi connectivity index (χ0) is 37.0. The lowest BCUT2D eigenvalue weighted by atomic mass is 9.89. The van der Waals surface area contributed by atoms with Crippen molar-refractivity contribution in [1.82, 2.24) is 24.9 Å². The van der Waals surface area contributed by atoms with Crippen molar-refractivity contribution in [3.63, 3.8) is 0 Å². The van der Waals surface area contributed by atoms with Gasteiger partial charge in [0, 0.05) is 58.4 Å². The van der Waals surface area contributed by atoms with Crippen molar-refractivity contribution in [2.75, 3.05) is 0 Å². The molecule has 4 heterocycles. The number of aryl methyl sites for hydroxylation is 1. The molecule has 0 N–H and O–H groups in total. The Balaban J connectivity index is 1.01. The zero-order valence-corrected chi connectivity index (χ0v) is 31.7. The monoisotopic (exact) mass is 753 g/mol. The van der Waals surface area contributed by atoms with Crippen LogP contribution < -0.4 is 0 Å². The highest BCUT2D eigenvalue weighted by molar-refractivity contribution is 7.26. The number of benzene rings is 6. The highest BCUT2D eigenvalue weighted by atomic mass is 32.1.